The monoisotopic (exact) mass is 209 g/mol. The lowest BCUT2D eigenvalue weighted by molar-refractivity contribution is 0.240. The van der Waals surface area contributed by atoms with Crippen molar-refractivity contribution in [1.29, 1.82) is 0 Å². The number of aromatic nitrogens is 2. The topological polar surface area (TPSA) is 51.0 Å². The Balaban J connectivity index is 2.20. The average molecular weight is 209 g/mol. The molecule has 1 aliphatic rings. The summed E-state index contributed by atoms with van der Waals surface area (Å²) >= 11 is 0. The summed E-state index contributed by atoms with van der Waals surface area (Å²) in [6.45, 7) is 8.45. The van der Waals surface area contributed by atoms with Crippen LogP contribution >= 0.6 is 0 Å². The zero-order chi connectivity index (χ0) is 10.9. The van der Waals surface area contributed by atoms with Crippen molar-refractivity contribution in [3.63, 3.8) is 0 Å². The standard InChI is InChI=1S/C11H19N3O/c1-8(2)9-13-10(15-14-9)11(3)4-6-12-7-5-11/h8,12H,4-7H2,1-3H3. The third kappa shape index (κ3) is 2.04. The summed E-state index contributed by atoms with van der Waals surface area (Å²) in [5.74, 6) is 1.98. The maximum Gasteiger partial charge on any atom is 0.232 e. The molecule has 0 saturated carbocycles. The summed E-state index contributed by atoms with van der Waals surface area (Å²) in [5, 5.41) is 7.38. The molecule has 1 aromatic heterocycles. The van der Waals surface area contributed by atoms with Crippen molar-refractivity contribution in [1.82, 2.24) is 15.5 Å². The van der Waals surface area contributed by atoms with Crippen LogP contribution in [0.25, 0.3) is 0 Å². The Bertz CT molecular complexity index is 326. The van der Waals surface area contributed by atoms with Crippen molar-refractivity contribution in [3.05, 3.63) is 11.7 Å². The minimum absolute atomic E-state index is 0.0748. The first kappa shape index (κ1) is 10.6. The molecule has 1 fully saturated rings. The highest BCUT2D eigenvalue weighted by Crippen LogP contribution is 2.32. The molecule has 0 spiro atoms. The first-order valence-electron chi connectivity index (χ1n) is 5.67. The third-order valence-corrected chi connectivity index (χ3v) is 3.18. The molecule has 15 heavy (non-hydrogen) atoms. The summed E-state index contributed by atoms with van der Waals surface area (Å²) in [4.78, 5) is 4.50. The molecule has 0 aliphatic carbocycles. The summed E-state index contributed by atoms with van der Waals surface area (Å²) in [5.41, 5.74) is 0.0748. The summed E-state index contributed by atoms with van der Waals surface area (Å²) in [7, 11) is 0. The Hall–Kier alpha value is -0.900. The first-order valence-corrected chi connectivity index (χ1v) is 5.67. The average Bonchev–Trinajstić information content (AvgIpc) is 2.68. The lowest BCUT2D eigenvalue weighted by atomic mass is 9.81. The molecule has 0 unspecified atom stereocenters. The highest BCUT2D eigenvalue weighted by molar-refractivity contribution is 5.06. The van der Waals surface area contributed by atoms with Crippen LogP contribution in [-0.4, -0.2) is 23.2 Å². The zero-order valence-electron chi connectivity index (χ0n) is 9.71. The van der Waals surface area contributed by atoms with Crippen LogP contribution in [0.15, 0.2) is 4.52 Å². The number of nitrogens with zero attached hydrogens (tertiary/aromatic N) is 2. The molecule has 1 aliphatic heterocycles. The number of nitrogens with one attached hydrogen (secondary N) is 1. The minimum atomic E-state index is 0.0748. The van der Waals surface area contributed by atoms with Crippen LogP contribution < -0.4 is 5.32 Å². The Morgan fingerprint density at radius 3 is 2.53 bits per heavy atom. The molecule has 0 bridgehead atoms. The van der Waals surface area contributed by atoms with E-state index in [4.69, 9.17) is 4.52 Å². The lowest BCUT2D eigenvalue weighted by Gasteiger charge is -2.30. The van der Waals surface area contributed by atoms with E-state index in [1.807, 2.05) is 0 Å². The molecular formula is C11H19N3O. The number of rotatable bonds is 2. The van der Waals surface area contributed by atoms with Gasteiger partial charge in [-0.05, 0) is 25.9 Å². The van der Waals surface area contributed by atoms with E-state index in [2.05, 4.69) is 36.2 Å². The Morgan fingerprint density at radius 2 is 2.00 bits per heavy atom. The normalized spacial score (nSPS) is 20.8. The largest absolute Gasteiger partial charge is 0.339 e. The van der Waals surface area contributed by atoms with Crippen LogP contribution in [0.1, 0.15) is 51.2 Å². The van der Waals surface area contributed by atoms with Gasteiger partial charge in [0.15, 0.2) is 5.82 Å². The summed E-state index contributed by atoms with van der Waals surface area (Å²) < 4.78 is 5.38. The molecule has 0 atom stereocenters. The van der Waals surface area contributed by atoms with Crippen LogP contribution in [-0.2, 0) is 5.41 Å². The predicted octanol–water partition coefficient (Wildman–Crippen LogP) is 1.83. The molecular weight excluding hydrogens is 190 g/mol. The molecule has 4 nitrogen and oxygen atoms in total. The van der Waals surface area contributed by atoms with Crippen LogP contribution in [0.3, 0.4) is 0 Å². The molecule has 0 aromatic carbocycles. The molecule has 1 aromatic rings. The lowest BCUT2D eigenvalue weighted by Crippen LogP contribution is -2.37. The van der Waals surface area contributed by atoms with E-state index in [1.165, 1.54) is 0 Å². The van der Waals surface area contributed by atoms with Crippen LogP contribution in [0, 0.1) is 0 Å². The van der Waals surface area contributed by atoms with Gasteiger partial charge >= 0.3 is 0 Å². The Kier molecular flexibility index (Phi) is 2.78. The van der Waals surface area contributed by atoms with Crippen molar-refractivity contribution in [3.8, 4) is 0 Å². The van der Waals surface area contributed by atoms with Crippen molar-refractivity contribution < 1.29 is 4.52 Å². The first-order chi connectivity index (χ1) is 7.12. The second-order valence-corrected chi connectivity index (χ2v) is 4.92. The van der Waals surface area contributed by atoms with E-state index in [0.29, 0.717) is 5.92 Å². The molecule has 1 saturated heterocycles. The zero-order valence-corrected chi connectivity index (χ0v) is 9.71. The van der Waals surface area contributed by atoms with Gasteiger partial charge < -0.3 is 9.84 Å². The highest BCUT2D eigenvalue weighted by Gasteiger charge is 2.34. The van der Waals surface area contributed by atoms with E-state index >= 15 is 0 Å². The van der Waals surface area contributed by atoms with E-state index in [1.54, 1.807) is 0 Å². The van der Waals surface area contributed by atoms with Gasteiger partial charge in [0.25, 0.3) is 0 Å². The molecule has 0 radical (unpaired) electrons. The molecule has 2 rings (SSSR count). The number of hydrogen-bond donors (Lipinski definition) is 1. The van der Waals surface area contributed by atoms with Gasteiger partial charge in [-0.3, -0.25) is 0 Å². The van der Waals surface area contributed by atoms with Gasteiger partial charge in [0.05, 0.1) is 0 Å². The van der Waals surface area contributed by atoms with Crippen molar-refractivity contribution >= 4 is 0 Å². The summed E-state index contributed by atoms with van der Waals surface area (Å²) in [6.07, 6.45) is 2.15. The van der Waals surface area contributed by atoms with Crippen LogP contribution in [0.4, 0.5) is 0 Å². The van der Waals surface area contributed by atoms with Gasteiger partial charge in [0.1, 0.15) is 0 Å². The maximum absolute atomic E-state index is 5.38. The molecule has 0 amide bonds. The molecule has 4 heteroatoms. The van der Waals surface area contributed by atoms with Gasteiger partial charge in [0, 0.05) is 11.3 Å². The van der Waals surface area contributed by atoms with Crippen molar-refractivity contribution in [2.75, 3.05) is 13.1 Å². The predicted molar refractivity (Wildman–Crippen MR) is 57.8 cm³/mol. The van der Waals surface area contributed by atoms with Gasteiger partial charge in [-0.25, -0.2) is 0 Å². The van der Waals surface area contributed by atoms with Crippen molar-refractivity contribution in [2.24, 2.45) is 0 Å². The van der Waals surface area contributed by atoms with Gasteiger partial charge in [-0.2, -0.15) is 4.98 Å². The fraction of sp³-hybridized carbons (Fsp3) is 0.818. The van der Waals surface area contributed by atoms with Crippen LogP contribution in [0.5, 0.6) is 0 Å². The third-order valence-electron chi connectivity index (χ3n) is 3.18. The Labute approximate surface area is 90.4 Å². The smallest absolute Gasteiger partial charge is 0.232 e. The van der Waals surface area contributed by atoms with Gasteiger partial charge in [-0.15, -0.1) is 0 Å². The van der Waals surface area contributed by atoms with Gasteiger partial charge in [-0.1, -0.05) is 25.9 Å². The quantitative estimate of drug-likeness (QED) is 0.807. The molecule has 84 valence electrons. The second-order valence-electron chi connectivity index (χ2n) is 4.92. The molecule has 2 heterocycles. The SMILES string of the molecule is CC(C)c1noc(C2(C)CCNCC2)n1. The Morgan fingerprint density at radius 1 is 1.33 bits per heavy atom. The highest BCUT2D eigenvalue weighted by atomic mass is 16.5. The van der Waals surface area contributed by atoms with E-state index in [0.717, 1.165) is 37.6 Å². The second kappa shape index (κ2) is 3.93. The van der Waals surface area contributed by atoms with E-state index < -0.39 is 0 Å². The number of piperidine rings is 1. The van der Waals surface area contributed by atoms with Gasteiger partial charge in [0.2, 0.25) is 5.89 Å². The minimum Gasteiger partial charge on any atom is -0.339 e. The molecule has 1 N–H and O–H groups in total. The summed E-state index contributed by atoms with van der Waals surface area (Å²) in [6, 6.07) is 0. The fourth-order valence-electron chi connectivity index (χ4n) is 1.91. The van der Waals surface area contributed by atoms with E-state index in [9.17, 15) is 0 Å². The van der Waals surface area contributed by atoms with Crippen LogP contribution in [0.2, 0.25) is 0 Å². The number of hydrogen-bond acceptors (Lipinski definition) is 4. The van der Waals surface area contributed by atoms with Crippen molar-refractivity contribution in [2.45, 2.75) is 44.9 Å². The maximum atomic E-state index is 5.38. The van der Waals surface area contributed by atoms with E-state index in [-0.39, 0.29) is 5.41 Å². The fourth-order valence-corrected chi connectivity index (χ4v) is 1.91.